The van der Waals surface area contributed by atoms with Crippen molar-refractivity contribution < 1.29 is 8.42 Å². The number of benzene rings is 2. The maximum absolute atomic E-state index is 13.1. The van der Waals surface area contributed by atoms with Gasteiger partial charge in [0, 0.05) is 35.1 Å². The van der Waals surface area contributed by atoms with Crippen molar-refractivity contribution in [3.63, 3.8) is 0 Å². The van der Waals surface area contributed by atoms with Crippen molar-refractivity contribution in [2.24, 2.45) is 0 Å². The Morgan fingerprint density at radius 2 is 1.66 bits per heavy atom. The second-order valence-electron chi connectivity index (χ2n) is 6.42. The van der Waals surface area contributed by atoms with Crippen LogP contribution in [-0.4, -0.2) is 18.4 Å². The number of aromatic nitrogens is 2. The molecule has 0 saturated carbocycles. The van der Waals surface area contributed by atoms with Gasteiger partial charge in [-0.15, -0.1) is 0 Å². The molecule has 29 heavy (non-hydrogen) atoms. The van der Waals surface area contributed by atoms with Crippen molar-refractivity contribution in [2.75, 3.05) is 4.72 Å². The zero-order valence-electron chi connectivity index (χ0n) is 15.6. The summed E-state index contributed by atoms with van der Waals surface area (Å²) in [6.07, 6.45) is 4.98. The zero-order valence-corrected chi connectivity index (χ0v) is 16.4. The lowest BCUT2D eigenvalue weighted by Crippen LogP contribution is -2.14. The standard InChI is InChI=1S/C23H17N3O2S/c1-17-13-15-24-16-20(17)12-11-18-6-2-3-9-21(18)26-29(27,28)22-10-4-7-19-8-5-14-25-23(19)22/h2-10,13-16,26H,1H3. The van der Waals surface area contributed by atoms with E-state index >= 15 is 0 Å². The van der Waals surface area contributed by atoms with Crippen LogP contribution in [0.15, 0.2) is 84.1 Å². The van der Waals surface area contributed by atoms with Crippen LogP contribution >= 0.6 is 0 Å². The number of pyridine rings is 2. The topological polar surface area (TPSA) is 72.0 Å². The summed E-state index contributed by atoms with van der Waals surface area (Å²) >= 11 is 0. The Kier molecular flexibility index (Phi) is 4.98. The van der Waals surface area contributed by atoms with Crippen LogP contribution in [0, 0.1) is 18.8 Å². The summed E-state index contributed by atoms with van der Waals surface area (Å²) in [6, 6.07) is 17.6. The number of hydrogen-bond donors (Lipinski definition) is 1. The van der Waals surface area contributed by atoms with Gasteiger partial charge in [-0.1, -0.05) is 42.2 Å². The Labute approximate surface area is 169 Å². The van der Waals surface area contributed by atoms with Gasteiger partial charge in [-0.25, -0.2) is 8.42 Å². The molecule has 6 heteroatoms. The quantitative estimate of drug-likeness (QED) is 0.526. The van der Waals surface area contributed by atoms with Crippen LogP contribution < -0.4 is 4.72 Å². The van der Waals surface area contributed by atoms with Crippen LogP contribution in [0.2, 0.25) is 0 Å². The lowest BCUT2D eigenvalue weighted by Gasteiger charge is -2.11. The third kappa shape index (κ3) is 3.96. The molecule has 0 aliphatic rings. The minimum Gasteiger partial charge on any atom is -0.278 e. The molecule has 0 atom stereocenters. The molecule has 0 aliphatic heterocycles. The Morgan fingerprint density at radius 3 is 2.52 bits per heavy atom. The normalized spacial score (nSPS) is 10.9. The van der Waals surface area contributed by atoms with E-state index in [9.17, 15) is 8.42 Å². The van der Waals surface area contributed by atoms with Crippen LogP contribution in [0.4, 0.5) is 5.69 Å². The summed E-state index contributed by atoms with van der Waals surface area (Å²) in [6.45, 7) is 1.95. The van der Waals surface area contributed by atoms with Gasteiger partial charge in [-0.05, 0) is 42.8 Å². The highest BCUT2D eigenvalue weighted by molar-refractivity contribution is 7.93. The maximum atomic E-state index is 13.1. The number of anilines is 1. The van der Waals surface area contributed by atoms with E-state index in [1.165, 1.54) is 0 Å². The molecule has 0 spiro atoms. The van der Waals surface area contributed by atoms with Crippen molar-refractivity contribution in [2.45, 2.75) is 11.8 Å². The molecule has 4 aromatic rings. The van der Waals surface area contributed by atoms with Gasteiger partial charge in [0.2, 0.25) is 0 Å². The first-order valence-electron chi connectivity index (χ1n) is 8.93. The summed E-state index contributed by atoms with van der Waals surface area (Å²) in [5.41, 5.74) is 3.22. The molecular weight excluding hydrogens is 382 g/mol. The van der Waals surface area contributed by atoms with Gasteiger partial charge in [-0.3, -0.25) is 14.7 Å². The predicted molar refractivity (Wildman–Crippen MR) is 114 cm³/mol. The fourth-order valence-electron chi connectivity index (χ4n) is 2.90. The second-order valence-corrected chi connectivity index (χ2v) is 8.07. The van der Waals surface area contributed by atoms with E-state index in [-0.39, 0.29) is 4.90 Å². The largest absolute Gasteiger partial charge is 0.278 e. The van der Waals surface area contributed by atoms with Crippen molar-refractivity contribution in [1.82, 2.24) is 9.97 Å². The van der Waals surface area contributed by atoms with Crippen LogP contribution in [0.5, 0.6) is 0 Å². The number of hydrogen-bond acceptors (Lipinski definition) is 4. The van der Waals surface area contributed by atoms with Gasteiger partial charge in [0.15, 0.2) is 0 Å². The third-order valence-corrected chi connectivity index (χ3v) is 5.82. The van der Waals surface area contributed by atoms with Gasteiger partial charge in [0.25, 0.3) is 10.0 Å². The third-order valence-electron chi connectivity index (χ3n) is 4.43. The molecule has 0 amide bonds. The van der Waals surface area contributed by atoms with Crippen molar-refractivity contribution in [3.8, 4) is 11.8 Å². The molecule has 0 unspecified atom stereocenters. The number of sulfonamides is 1. The lowest BCUT2D eigenvalue weighted by molar-refractivity contribution is 0.602. The average molecular weight is 399 g/mol. The van der Waals surface area contributed by atoms with Crippen LogP contribution in [0.1, 0.15) is 16.7 Å². The van der Waals surface area contributed by atoms with E-state index in [0.717, 1.165) is 16.5 Å². The smallest absolute Gasteiger partial charge is 0.264 e. The SMILES string of the molecule is Cc1ccncc1C#Cc1ccccc1NS(=O)(=O)c1cccc2cccnc12. The molecule has 2 heterocycles. The maximum Gasteiger partial charge on any atom is 0.264 e. The van der Waals surface area contributed by atoms with Gasteiger partial charge in [-0.2, -0.15) is 0 Å². The monoisotopic (exact) mass is 399 g/mol. The Morgan fingerprint density at radius 1 is 0.862 bits per heavy atom. The summed E-state index contributed by atoms with van der Waals surface area (Å²) in [7, 11) is -3.85. The molecule has 2 aromatic carbocycles. The summed E-state index contributed by atoms with van der Waals surface area (Å²) in [5.74, 6) is 6.11. The Balaban J connectivity index is 1.73. The van der Waals surface area contributed by atoms with E-state index in [0.29, 0.717) is 16.8 Å². The highest BCUT2D eigenvalue weighted by Gasteiger charge is 2.19. The van der Waals surface area contributed by atoms with Crippen LogP contribution in [0.3, 0.4) is 0 Å². The van der Waals surface area contributed by atoms with Crippen LogP contribution in [-0.2, 0) is 10.0 Å². The molecule has 0 saturated heterocycles. The lowest BCUT2D eigenvalue weighted by atomic mass is 10.1. The first-order chi connectivity index (χ1) is 14.0. The number of rotatable bonds is 3. The Hall–Kier alpha value is -3.69. The van der Waals surface area contributed by atoms with Gasteiger partial charge >= 0.3 is 0 Å². The van der Waals surface area contributed by atoms with E-state index in [1.54, 1.807) is 55.0 Å². The van der Waals surface area contributed by atoms with E-state index in [1.807, 2.05) is 31.2 Å². The van der Waals surface area contributed by atoms with Crippen molar-refractivity contribution in [3.05, 3.63) is 95.9 Å². The molecular formula is C23H17N3O2S. The predicted octanol–water partition coefficient (Wildman–Crippen LogP) is 4.14. The molecule has 142 valence electrons. The number of nitrogens with zero attached hydrogens (tertiary/aromatic N) is 2. The van der Waals surface area contributed by atoms with Gasteiger partial charge < -0.3 is 0 Å². The zero-order chi connectivity index (χ0) is 20.3. The number of nitrogens with one attached hydrogen (secondary N) is 1. The highest BCUT2D eigenvalue weighted by Crippen LogP contribution is 2.24. The molecule has 0 fully saturated rings. The van der Waals surface area contributed by atoms with E-state index < -0.39 is 10.0 Å². The van der Waals surface area contributed by atoms with Crippen molar-refractivity contribution in [1.29, 1.82) is 0 Å². The number of aryl methyl sites for hydroxylation is 1. The first kappa shape index (κ1) is 18.7. The molecule has 5 nitrogen and oxygen atoms in total. The molecule has 2 aromatic heterocycles. The molecule has 0 radical (unpaired) electrons. The van der Waals surface area contributed by atoms with E-state index in [4.69, 9.17) is 0 Å². The number of fused-ring (bicyclic) bond motifs is 1. The summed E-state index contributed by atoms with van der Waals surface area (Å²) in [5, 5.41) is 0.760. The average Bonchev–Trinajstić information content (AvgIpc) is 2.73. The molecule has 0 bridgehead atoms. The van der Waals surface area contributed by atoms with Crippen LogP contribution in [0.25, 0.3) is 10.9 Å². The second kappa shape index (κ2) is 7.74. The first-order valence-corrected chi connectivity index (χ1v) is 10.4. The van der Waals surface area contributed by atoms with Gasteiger partial charge in [0.05, 0.1) is 11.2 Å². The van der Waals surface area contributed by atoms with E-state index in [2.05, 4.69) is 26.5 Å². The minimum atomic E-state index is -3.85. The fraction of sp³-hybridized carbons (Fsp3) is 0.0435. The van der Waals surface area contributed by atoms with Gasteiger partial charge in [0.1, 0.15) is 4.90 Å². The van der Waals surface area contributed by atoms with Crippen molar-refractivity contribution >= 4 is 26.6 Å². The molecule has 1 N–H and O–H groups in total. The fourth-order valence-corrected chi connectivity index (χ4v) is 4.16. The minimum absolute atomic E-state index is 0.126. The molecule has 0 aliphatic carbocycles. The number of para-hydroxylation sites is 2. The highest BCUT2D eigenvalue weighted by atomic mass is 32.2. The molecule has 4 rings (SSSR count). The summed E-state index contributed by atoms with van der Waals surface area (Å²) < 4.78 is 28.8. The Bertz CT molecular complexity index is 1360. The summed E-state index contributed by atoms with van der Waals surface area (Å²) in [4.78, 5) is 8.46.